The van der Waals surface area contributed by atoms with Crippen LogP contribution in [0.5, 0.6) is 0 Å². The van der Waals surface area contributed by atoms with Gasteiger partial charge in [0.1, 0.15) is 0 Å². The van der Waals surface area contributed by atoms with Gasteiger partial charge in [0.2, 0.25) is 0 Å². The van der Waals surface area contributed by atoms with E-state index in [1.54, 1.807) is 0 Å². The van der Waals surface area contributed by atoms with Crippen molar-refractivity contribution < 1.29 is 0 Å². The van der Waals surface area contributed by atoms with E-state index < -0.39 is 0 Å². The molecule has 0 aliphatic carbocycles. The number of benzene rings is 6. The fourth-order valence-electron chi connectivity index (χ4n) is 8.46. The van der Waals surface area contributed by atoms with E-state index in [9.17, 15) is 10.5 Å². The average Bonchev–Trinajstić information content (AvgIpc) is 3.67. The van der Waals surface area contributed by atoms with Crippen LogP contribution in [-0.4, -0.2) is 9.13 Å². The molecular weight excluding hydrogens is 705 g/mol. The Labute approximate surface area is 344 Å². The van der Waals surface area contributed by atoms with E-state index >= 15 is 0 Å². The molecule has 0 saturated carbocycles. The van der Waals surface area contributed by atoms with Gasteiger partial charge in [-0.25, -0.2) is 0 Å². The van der Waals surface area contributed by atoms with Crippen molar-refractivity contribution in [1.29, 1.82) is 10.5 Å². The van der Waals surface area contributed by atoms with Crippen LogP contribution >= 0.6 is 0 Å². The van der Waals surface area contributed by atoms with E-state index in [-0.39, 0.29) is 21.7 Å². The minimum absolute atomic E-state index is 0.0230. The smallest absolute Gasteiger partial charge is 0.0992 e. The Hall–Kier alpha value is -6.10. The third kappa shape index (κ3) is 6.46. The first-order chi connectivity index (χ1) is 27.2. The zero-order chi connectivity index (χ0) is 41.7. The zero-order valence-corrected chi connectivity index (χ0v) is 36.2. The van der Waals surface area contributed by atoms with Crippen molar-refractivity contribution in [2.75, 3.05) is 0 Å². The van der Waals surface area contributed by atoms with Crippen LogP contribution in [0.2, 0.25) is 0 Å². The zero-order valence-electron chi connectivity index (χ0n) is 36.2. The highest BCUT2D eigenvalue weighted by Gasteiger charge is 2.26. The number of hydrogen-bond acceptors (Lipinski definition) is 2. The molecule has 4 nitrogen and oxygen atoms in total. The molecule has 0 amide bonds. The van der Waals surface area contributed by atoms with E-state index in [1.807, 2.05) is 24.3 Å². The summed E-state index contributed by atoms with van der Waals surface area (Å²) in [5, 5.41) is 25.5. The molecule has 0 N–H and O–H groups in total. The summed E-state index contributed by atoms with van der Waals surface area (Å²) in [7, 11) is 0. The van der Waals surface area contributed by atoms with Gasteiger partial charge < -0.3 is 9.13 Å². The van der Waals surface area contributed by atoms with Gasteiger partial charge in [-0.3, -0.25) is 0 Å². The molecule has 8 rings (SSSR count). The van der Waals surface area contributed by atoms with E-state index in [4.69, 9.17) is 0 Å². The predicted molar refractivity (Wildman–Crippen MR) is 245 cm³/mol. The van der Waals surface area contributed by atoms with E-state index in [0.717, 1.165) is 44.6 Å². The molecule has 0 unspecified atom stereocenters. The van der Waals surface area contributed by atoms with Crippen LogP contribution in [0.15, 0.2) is 109 Å². The Balaban J connectivity index is 1.49. The molecule has 0 radical (unpaired) electrons. The second kappa shape index (κ2) is 13.2. The summed E-state index contributed by atoms with van der Waals surface area (Å²) in [6.07, 6.45) is 0. The lowest BCUT2D eigenvalue weighted by Crippen LogP contribution is -2.10. The molecule has 0 aliphatic heterocycles. The summed E-state index contributed by atoms with van der Waals surface area (Å²) in [6.45, 7) is 27.1. The molecule has 0 aliphatic rings. The maximum absolute atomic E-state index is 10.4. The molecule has 4 heteroatoms. The Morgan fingerprint density at radius 3 is 1.02 bits per heavy atom. The minimum atomic E-state index is -0.0353. The summed E-state index contributed by atoms with van der Waals surface area (Å²) in [4.78, 5) is 0. The van der Waals surface area contributed by atoms with Crippen molar-refractivity contribution in [2.24, 2.45) is 0 Å². The van der Waals surface area contributed by atoms with E-state index in [0.29, 0.717) is 11.1 Å². The van der Waals surface area contributed by atoms with Crippen molar-refractivity contribution in [1.82, 2.24) is 9.13 Å². The number of fused-ring (bicyclic) bond motifs is 6. The number of nitriles is 2. The van der Waals surface area contributed by atoms with Gasteiger partial charge in [-0.2, -0.15) is 10.5 Å². The van der Waals surface area contributed by atoms with Crippen LogP contribution in [0.1, 0.15) is 116 Å². The Morgan fingerprint density at radius 2 is 0.672 bits per heavy atom. The van der Waals surface area contributed by atoms with E-state index in [2.05, 4.69) is 189 Å². The highest BCUT2D eigenvalue weighted by molar-refractivity contribution is 6.12. The van der Waals surface area contributed by atoms with E-state index in [1.165, 1.54) is 43.8 Å². The molecule has 290 valence electrons. The van der Waals surface area contributed by atoms with Crippen LogP contribution in [0.4, 0.5) is 0 Å². The van der Waals surface area contributed by atoms with Gasteiger partial charge in [-0.1, -0.05) is 113 Å². The molecule has 8 aromatic rings. The monoisotopic (exact) mass is 758 g/mol. The van der Waals surface area contributed by atoms with Crippen LogP contribution in [0.3, 0.4) is 0 Å². The van der Waals surface area contributed by atoms with Crippen molar-refractivity contribution >= 4 is 43.6 Å². The fraction of sp³-hybridized carbons (Fsp3) is 0.296. The standard InChI is InChI=1S/C54H54N4/c1-51(2,3)35-15-21-46-41(27-35)42-28-36(52(4,5)6)16-22-47(42)57(46)45-20-14-33(31-55)25-40(45)39-19-13-34(32-56)26-50(39)58-48-23-17-37(53(7,8)9)29-43(48)44-30-38(54(10,11)12)18-24-49(44)58/h13-30H,1-12H3. The van der Waals surface area contributed by atoms with Crippen molar-refractivity contribution in [3.63, 3.8) is 0 Å². The van der Waals surface area contributed by atoms with Crippen LogP contribution in [0.25, 0.3) is 66.1 Å². The summed E-state index contributed by atoms with van der Waals surface area (Å²) < 4.78 is 4.71. The largest absolute Gasteiger partial charge is 0.309 e. The van der Waals surface area contributed by atoms with Gasteiger partial charge in [-0.05, 0) is 123 Å². The van der Waals surface area contributed by atoms with Gasteiger partial charge >= 0.3 is 0 Å². The Morgan fingerprint density at radius 1 is 0.345 bits per heavy atom. The molecule has 0 atom stereocenters. The molecule has 0 saturated heterocycles. The number of rotatable bonds is 3. The summed E-state index contributed by atoms with van der Waals surface area (Å²) in [5.41, 5.74) is 14.2. The van der Waals surface area contributed by atoms with Gasteiger partial charge in [0.05, 0.1) is 56.7 Å². The lowest BCUT2D eigenvalue weighted by Gasteiger charge is -2.21. The number of aromatic nitrogens is 2. The lowest BCUT2D eigenvalue weighted by molar-refractivity contribution is 0.590. The maximum Gasteiger partial charge on any atom is 0.0992 e. The number of hydrogen-bond donors (Lipinski definition) is 0. The molecule has 6 aromatic carbocycles. The highest BCUT2D eigenvalue weighted by Crippen LogP contribution is 2.44. The van der Waals surface area contributed by atoms with Crippen molar-refractivity contribution in [3.8, 4) is 34.6 Å². The second-order valence-electron chi connectivity index (χ2n) is 20.3. The Kier molecular flexibility index (Phi) is 8.84. The van der Waals surface area contributed by atoms with Gasteiger partial charge in [-0.15, -0.1) is 0 Å². The minimum Gasteiger partial charge on any atom is -0.309 e. The summed E-state index contributed by atoms with van der Waals surface area (Å²) in [6, 6.07) is 44.4. The fourth-order valence-corrected chi connectivity index (χ4v) is 8.46. The molecular formula is C54H54N4. The SMILES string of the molecule is CC(C)(C)c1ccc2c(c1)c1cc(C(C)(C)C)ccc1n2-c1ccc(C#N)cc1-c1ccc(C#N)cc1-n1c2ccc(C(C)(C)C)cc2c2cc(C(C)(C)C)ccc21. The molecule has 0 fully saturated rings. The third-order valence-corrected chi connectivity index (χ3v) is 12.0. The molecule has 2 aromatic heterocycles. The third-order valence-electron chi connectivity index (χ3n) is 12.0. The molecule has 0 spiro atoms. The lowest BCUT2D eigenvalue weighted by atomic mass is 9.85. The van der Waals surface area contributed by atoms with Gasteiger partial charge in [0, 0.05) is 32.7 Å². The van der Waals surface area contributed by atoms with Gasteiger partial charge in [0.25, 0.3) is 0 Å². The predicted octanol–water partition coefficient (Wildman–Crippen LogP) is 14.5. The topological polar surface area (TPSA) is 57.4 Å². The van der Waals surface area contributed by atoms with Crippen molar-refractivity contribution in [2.45, 2.75) is 105 Å². The van der Waals surface area contributed by atoms with Crippen LogP contribution in [-0.2, 0) is 21.7 Å². The summed E-state index contributed by atoms with van der Waals surface area (Å²) >= 11 is 0. The second-order valence-corrected chi connectivity index (χ2v) is 20.3. The highest BCUT2D eigenvalue weighted by atomic mass is 15.0. The van der Waals surface area contributed by atoms with Gasteiger partial charge in [0.15, 0.2) is 0 Å². The number of nitrogens with zero attached hydrogens (tertiary/aromatic N) is 4. The summed E-state index contributed by atoms with van der Waals surface area (Å²) in [5.74, 6) is 0. The molecule has 58 heavy (non-hydrogen) atoms. The van der Waals surface area contributed by atoms with Crippen LogP contribution < -0.4 is 0 Å². The first-order valence-electron chi connectivity index (χ1n) is 20.5. The molecule has 0 bridgehead atoms. The quantitative estimate of drug-likeness (QED) is 0.180. The van der Waals surface area contributed by atoms with Crippen molar-refractivity contribution in [3.05, 3.63) is 143 Å². The first-order valence-corrected chi connectivity index (χ1v) is 20.5. The molecule has 2 heterocycles. The average molecular weight is 759 g/mol. The normalized spacial score (nSPS) is 12.8. The maximum atomic E-state index is 10.4. The first kappa shape index (κ1) is 38.8. The Bertz CT molecular complexity index is 2910. The van der Waals surface area contributed by atoms with Crippen LogP contribution in [0, 0.1) is 22.7 Å².